The highest BCUT2D eigenvalue weighted by atomic mass is 16.6. The van der Waals surface area contributed by atoms with Crippen molar-refractivity contribution in [2.75, 3.05) is 32.8 Å². The molecular weight excluding hydrogens is 320 g/mol. The first-order chi connectivity index (χ1) is 11.8. The van der Waals surface area contributed by atoms with E-state index < -0.39 is 11.2 Å². The van der Waals surface area contributed by atoms with E-state index in [4.69, 9.17) is 9.47 Å². The quantitative estimate of drug-likeness (QED) is 0.781. The number of rotatable bonds is 4. The number of carbonyl (C=O) groups excluding carboxylic acids is 2. The highest BCUT2D eigenvalue weighted by molar-refractivity contribution is 5.85. The first kappa shape index (κ1) is 18.5. The van der Waals surface area contributed by atoms with Gasteiger partial charge in [-0.1, -0.05) is 13.8 Å². The molecule has 1 spiro atoms. The third-order valence-electron chi connectivity index (χ3n) is 5.90. The van der Waals surface area contributed by atoms with Gasteiger partial charge in [-0.05, 0) is 38.5 Å². The molecule has 3 aliphatic rings. The normalized spacial score (nSPS) is 29.4. The van der Waals surface area contributed by atoms with Gasteiger partial charge >= 0.3 is 6.09 Å². The largest absolute Gasteiger partial charge is 0.441 e. The Morgan fingerprint density at radius 2 is 1.92 bits per heavy atom. The van der Waals surface area contributed by atoms with Crippen molar-refractivity contribution in [2.24, 2.45) is 5.92 Å². The van der Waals surface area contributed by atoms with Crippen LogP contribution in [-0.2, 0) is 14.3 Å². The van der Waals surface area contributed by atoms with Crippen molar-refractivity contribution < 1.29 is 19.1 Å². The third kappa shape index (κ3) is 3.94. The molecular formula is C19H32N2O4. The summed E-state index contributed by atoms with van der Waals surface area (Å²) in [5, 5.41) is 0. The lowest BCUT2D eigenvalue weighted by atomic mass is 9.88. The summed E-state index contributed by atoms with van der Waals surface area (Å²) >= 11 is 0. The summed E-state index contributed by atoms with van der Waals surface area (Å²) in [5.74, 6) is 0.670. The summed E-state index contributed by atoms with van der Waals surface area (Å²) in [5.41, 5.74) is -1.07. The molecule has 0 unspecified atom stereocenters. The first-order valence-electron chi connectivity index (χ1n) is 9.75. The van der Waals surface area contributed by atoms with Gasteiger partial charge in [-0.15, -0.1) is 0 Å². The average Bonchev–Trinajstić information content (AvgIpc) is 2.89. The van der Waals surface area contributed by atoms with E-state index in [1.165, 1.54) is 0 Å². The Labute approximate surface area is 150 Å². The van der Waals surface area contributed by atoms with Crippen LogP contribution in [0.4, 0.5) is 4.79 Å². The molecule has 6 nitrogen and oxygen atoms in total. The van der Waals surface area contributed by atoms with E-state index in [0.717, 1.165) is 45.1 Å². The van der Waals surface area contributed by atoms with Gasteiger partial charge in [-0.3, -0.25) is 4.79 Å². The molecule has 0 radical (unpaired) electrons. The predicted molar refractivity (Wildman–Crippen MR) is 94.3 cm³/mol. The molecule has 0 aliphatic carbocycles. The molecule has 1 atom stereocenters. The minimum absolute atomic E-state index is 0.100. The van der Waals surface area contributed by atoms with Gasteiger partial charge in [0.15, 0.2) is 0 Å². The van der Waals surface area contributed by atoms with E-state index >= 15 is 0 Å². The van der Waals surface area contributed by atoms with Crippen LogP contribution >= 0.6 is 0 Å². The highest BCUT2D eigenvalue weighted by Crippen LogP contribution is 2.35. The molecule has 3 saturated heterocycles. The second-order valence-electron chi connectivity index (χ2n) is 8.48. The first-order valence-corrected chi connectivity index (χ1v) is 9.75. The Morgan fingerprint density at radius 3 is 2.52 bits per heavy atom. The lowest BCUT2D eigenvalue weighted by Gasteiger charge is -2.42. The van der Waals surface area contributed by atoms with Crippen LogP contribution < -0.4 is 0 Å². The fourth-order valence-electron chi connectivity index (χ4n) is 4.09. The van der Waals surface area contributed by atoms with Crippen molar-refractivity contribution in [1.29, 1.82) is 0 Å². The van der Waals surface area contributed by atoms with Crippen LogP contribution in [0, 0.1) is 5.92 Å². The number of hydrogen-bond acceptors (Lipinski definition) is 4. The fraction of sp³-hybridized carbons (Fsp3) is 0.895. The Bertz CT molecular complexity index is 506. The Balaban J connectivity index is 1.55. The predicted octanol–water partition coefficient (Wildman–Crippen LogP) is 2.81. The lowest BCUT2D eigenvalue weighted by Crippen LogP contribution is -2.55. The van der Waals surface area contributed by atoms with Crippen LogP contribution in [0.15, 0.2) is 0 Å². The summed E-state index contributed by atoms with van der Waals surface area (Å²) in [6.07, 6.45) is 5.12. The standard InChI is InChI=1S/C19H32N2O4/c1-15(2)6-10-21-14-19(25-17(21)23)8-11-20(12-9-19)16(22)18(3)7-4-5-13-24-18/h15H,4-14H2,1-3H3/t18-/m0/s1. The molecule has 0 bridgehead atoms. The van der Waals surface area contributed by atoms with E-state index in [1.807, 2.05) is 16.7 Å². The van der Waals surface area contributed by atoms with Crippen LogP contribution in [0.3, 0.4) is 0 Å². The van der Waals surface area contributed by atoms with Crippen molar-refractivity contribution in [3.8, 4) is 0 Å². The van der Waals surface area contributed by atoms with Gasteiger partial charge in [0.25, 0.3) is 5.91 Å². The Kier molecular flexibility index (Phi) is 5.28. The number of likely N-dealkylation sites (tertiary alicyclic amines) is 1. The number of carbonyl (C=O) groups is 2. The molecule has 0 aromatic carbocycles. The van der Waals surface area contributed by atoms with Crippen LogP contribution in [0.2, 0.25) is 0 Å². The summed E-state index contributed by atoms with van der Waals surface area (Å²) in [7, 11) is 0. The van der Waals surface area contributed by atoms with Gasteiger partial charge < -0.3 is 19.3 Å². The van der Waals surface area contributed by atoms with E-state index in [2.05, 4.69) is 13.8 Å². The van der Waals surface area contributed by atoms with Crippen molar-refractivity contribution in [2.45, 2.75) is 70.5 Å². The second-order valence-corrected chi connectivity index (χ2v) is 8.48. The molecule has 3 heterocycles. The molecule has 142 valence electrons. The lowest BCUT2D eigenvalue weighted by molar-refractivity contribution is -0.165. The van der Waals surface area contributed by atoms with Gasteiger partial charge in [0.1, 0.15) is 11.2 Å². The Hall–Kier alpha value is -1.30. The second kappa shape index (κ2) is 7.14. The van der Waals surface area contributed by atoms with Crippen molar-refractivity contribution in [3.63, 3.8) is 0 Å². The van der Waals surface area contributed by atoms with Crippen LogP contribution in [-0.4, -0.2) is 65.8 Å². The van der Waals surface area contributed by atoms with Gasteiger partial charge in [-0.25, -0.2) is 4.79 Å². The maximum absolute atomic E-state index is 12.9. The highest BCUT2D eigenvalue weighted by Gasteiger charge is 2.49. The molecule has 3 fully saturated rings. The topological polar surface area (TPSA) is 59.1 Å². The minimum atomic E-state index is -0.668. The van der Waals surface area contributed by atoms with Crippen LogP contribution in [0.25, 0.3) is 0 Å². The molecule has 3 rings (SSSR count). The monoisotopic (exact) mass is 352 g/mol. The van der Waals surface area contributed by atoms with E-state index in [9.17, 15) is 9.59 Å². The number of nitrogens with zero attached hydrogens (tertiary/aromatic N) is 2. The van der Waals surface area contributed by atoms with Crippen molar-refractivity contribution in [1.82, 2.24) is 9.80 Å². The zero-order valence-corrected chi connectivity index (χ0v) is 15.9. The molecule has 25 heavy (non-hydrogen) atoms. The zero-order chi connectivity index (χ0) is 18.1. The van der Waals surface area contributed by atoms with Crippen molar-refractivity contribution >= 4 is 12.0 Å². The number of amides is 2. The molecule has 6 heteroatoms. The van der Waals surface area contributed by atoms with E-state index in [1.54, 1.807) is 0 Å². The molecule has 0 aromatic heterocycles. The maximum Gasteiger partial charge on any atom is 0.410 e. The van der Waals surface area contributed by atoms with E-state index in [-0.39, 0.29) is 12.0 Å². The molecule has 3 aliphatic heterocycles. The molecule has 0 aromatic rings. The molecule has 0 N–H and O–H groups in total. The van der Waals surface area contributed by atoms with Gasteiger partial charge in [0, 0.05) is 39.1 Å². The third-order valence-corrected chi connectivity index (χ3v) is 5.90. The van der Waals surface area contributed by atoms with Crippen LogP contribution in [0.5, 0.6) is 0 Å². The number of ether oxygens (including phenoxy) is 2. The zero-order valence-electron chi connectivity index (χ0n) is 15.9. The van der Waals surface area contributed by atoms with Gasteiger partial charge in [0.2, 0.25) is 0 Å². The molecule has 2 amide bonds. The van der Waals surface area contributed by atoms with Gasteiger partial charge in [0.05, 0.1) is 6.54 Å². The maximum atomic E-state index is 12.9. The SMILES string of the molecule is CC(C)CCN1CC2(CCN(C(=O)[C@]3(C)CCCCO3)CC2)OC1=O. The van der Waals surface area contributed by atoms with Crippen LogP contribution in [0.1, 0.15) is 59.3 Å². The van der Waals surface area contributed by atoms with Crippen molar-refractivity contribution in [3.05, 3.63) is 0 Å². The number of piperidine rings is 1. The average molecular weight is 352 g/mol. The fourth-order valence-corrected chi connectivity index (χ4v) is 4.09. The summed E-state index contributed by atoms with van der Waals surface area (Å²) in [6.45, 7) is 9.61. The van der Waals surface area contributed by atoms with Gasteiger partial charge in [-0.2, -0.15) is 0 Å². The summed E-state index contributed by atoms with van der Waals surface area (Å²) in [6, 6.07) is 0. The summed E-state index contributed by atoms with van der Waals surface area (Å²) < 4.78 is 11.6. The molecule has 0 saturated carbocycles. The number of hydrogen-bond donors (Lipinski definition) is 0. The summed E-state index contributed by atoms with van der Waals surface area (Å²) in [4.78, 5) is 28.8. The minimum Gasteiger partial charge on any atom is -0.441 e. The Morgan fingerprint density at radius 1 is 1.20 bits per heavy atom. The smallest absolute Gasteiger partial charge is 0.410 e. The van der Waals surface area contributed by atoms with E-state index in [0.29, 0.717) is 32.2 Å².